The van der Waals surface area contributed by atoms with E-state index in [-0.39, 0.29) is 5.60 Å². The van der Waals surface area contributed by atoms with Crippen molar-refractivity contribution in [3.63, 3.8) is 0 Å². The first-order valence-corrected chi connectivity index (χ1v) is 6.78. The average Bonchev–Trinajstić information content (AvgIpc) is 2.83. The van der Waals surface area contributed by atoms with Crippen LogP contribution in [0.4, 0.5) is 0 Å². The lowest BCUT2D eigenvalue weighted by Crippen LogP contribution is -2.36. The van der Waals surface area contributed by atoms with Gasteiger partial charge in [0.05, 0.1) is 12.2 Å². The minimum atomic E-state index is 0.0201. The van der Waals surface area contributed by atoms with Crippen LogP contribution in [0.5, 0.6) is 0 Å². The third-order valence-electron chi connectivity index (χ3n) is 4.00. The molecule has 0 spiro atoms. The Hall–Kier alpha value is -0.0800. The minimum Gasteiger partial charge on any atom is -0.375 e. The first-order chi connectivity index (χ1) is 7.40. The SMILES string of the molecule is C[C@H]1CCCN1CC1(COC(C)(C)C)CC1. The van der Waals surface area contributed by atoms with E-state index in [4.69, 9.17) is 4.74 Å². The van der Waals surface area contributed by atoms with Gasteiger partial charge < -0.3 is 9.64 Å². The van der Waals surface area contributed by atoms with Crippen LogP contribution >= 0.6 is 0 Å². The standard InChI is InChI=1S/C14H27NO/c1-12-6-5-9-15(12)10-14(7-8-14)11-16-13(2,3)4/h12H,5-11H2,1-4H3/t12-/m0/s1. The van der Waals surface area contributed by atoms with Crippen LogP contribution < -0.4 is 0 Å². The number of nitrogens with zero attached hydrogens (tertiary/aromatic N) is 1. The molecule has 0 radical (unpaired) electrons. The molecule has 0 aromatic heterocycles. The van der Waals surface area contributed by atoms with Gasteiger partial charge in [0.25, 0.3) is 0 Å². The van der Waals surface area contributed by atoms with E-state index in [9.17, 15) is 0 Å². The normalized spacial score (nSPS) is 29.6. The van der Waals surface area contributed by atoms with E-state index in [2.05, 4.69) is 32.6 Å². The van der Waals surface area contributed by atoms with Crippen molar-refractivity contribution in [2.24, 2.45) is 5.41 Å². The second-order valence-corrected chi connectivity index (χ2v) is 6.86. The Bertz CT molecular complexity index is 240. The Morgan fingerprint density at radius 3 is 2.44 bits per heavy atom. The zero-order valence-electron chi connectivity index (χ0n) is 11.4. The van der Waals surface area contributed by atoms with Gasteiger partial charge in [-0.05, 0) is 59.9 Å². The van der Waals surface area contributed by atoms with Crippen molar-refractivity contribution in [2.75, 3.05) is 19.7 Å². The van der Waals surface area contributed by atoms with Crippen LogP contribution in [-0.2, 0) is 4.74 Å². The van der Waals surface area contributed by atoms with Crippen molar-refractivity contribution in [3.8, 4) is 0 Å². The van der Waals surface area contributed by atoms with E-state index in [1.54, 1.807) is 0 Å². The smallest absolute Gasteiger partial charge is 0.0598 e. The third-order valence-corrected chi connectivity index (χ3v) is 4.00. The van der Waals surface area contributed by atoms with Gasteiger partial charge in [-0.3, -0.25) is 0 Å². The highest BCUT2D eigenvalue weighted by Crippen LogP contribution is 2.48. The predicted molar refractivity (Wildman–Crippen MR) is 67.6 cm³/mol. The molecule has 94 valence electrons. The Balaban J connectivity index is 1.80. The first-order valence-electron chi connectivity index (χ1n) is 6.78. The largest absolute Gasteiger partial charge is 0.375 e. The number of rotatable bonds is 4. The number of ether oxygens (including phenoxy) is 1. The fourth-order valence-corrected chi connectivity index (χ4v) is 2.55. The minimum absolute atomic E-state index is 0.0201. The van der Waals surface area contributed by atoms with Crippen molar-refractivity contribution >= 4 is 0 Å². The Morgan fingerprint density at radius 1 is 1.31 bits per heavy atom. The average molecular weight is 225 g/mol. The third kappa shape index (κ3) is 3.21. The van der Waals surface area contributed by atoms with Gasteiger partial charge in [0.2, 0.25) is 0 Å². The molecule has 1 heterocycles. The summed E-state index contributed by atoms with van der Waals surface area (Å²) in [6, 6.07) is 0.798. The highest BCUT2D eigenvalue weighted by molar-refractivity contribution is 4.97. The van der Waals surface area contributed by atoms with Crippen LogP contribution in [-0.4, -0.2) is 36.2 Å². The summed E-state index contributed by atoms with van der Waals surface area (Å²) in [7, 11) is 0. The molecule has 0 aromatic carbocycles. The van der Waals surface area contributed by atoms with Crippen molar-refractivity contribution in [2.45, 2.75) is 65.0 Å². The predicted octanol–water partition coefficient (Wildman–Crippen LogP) is 3.07. The molecular formula is C14H27NO. The molecule has 0 bridgehead atoms. The van der Waals surface area contributed by atoms with Crippen molar-refractivity contribution in [1.29, 1.82) is 0 Å². The van der Waals surface area contributed by atoms with Gasteiger partial charge in [0.1, 0.15) is 0 Å². The summed E-state index contributed by atoms with van der Waals surface area (Å²) in [5.41, 5.74) is 0.526. The second-order valence-electron chi connectivity index (χ2n) is 6.86. The Morgan fingerprint density at radius 2 is 2.00 bits per heavy atom. The second kappa shape index (κ2) is 4.30. The summed E-state index contributed by atoms with van der Waals surface area (Å²) in [6.07, 6.45) is 5.51. The molecule has 2 rings (SSSR count). The van der Waals surface area contributed by atoms with Crippen LogP contribution in [0.25, 0.3) is 0 Å². The molecule has 1 atom stereocenters. The maximum atomic E-state index is 5.98. The van der Waals surface area contributed by atoms with Gasteiger partial charge in [-0.1, -0.05) is 0 Å². The molecule has 16 heavy (non-hydrogen) atoms. The summed E-state index contributed by atoms with van der Waals surface area (Å²) < 4.78 is 5.98. The molecule has 2 heteroatoms. The molecule has 2 aliphatic rings. The summed E-state index contributed by atoms with van der Waals surface area (Å²) in [4.78, 5) is 2.67. The molecule has 1 aliphatic carbocycles. The van der Waals surface area contributed by atoms with Gasteiger partial charge in [-0.2, -0.15) is 0 Å². The highest BCUT2D eigenvalue weighted by atomic mass is 16.5. The molecule has 0 unspecified atom stereocenters. The van der Waals surface area contributed by atoms with Gasteiger partial charge in [0, 0.05) is 18.0 Å². The van der Waals surface area contributed by atoms with Crippen LogP contribution in [0.3, 0.4) is 0 Å². The van der Waals surface area contributed by atoms with Gasteiger partial charge in [-0.15, -0.1) is 0 Å². The maximum Gasteiger partial charge on any atom is 0.0598 e. The topological polar surface area (TPSA) is 12.5 Å². The molecule has 0 N–H and O–H groups in total. The lowest BCUT2D eigenvalue weighted by molar-refractivity contribution is -0.0343. The van der Waals surface area contributed by atoms with Crippen LogP contribution in [0.15, 0.2) is 0 Å². The molecule has 1 saturated heterocycles. The van der Waals surface area contributed by atoms with Gasteiger partial charge in [0.15, 0.2) is 0 Å². The van der Waals surface area contributed by atoms with E-state index in [0.717, 1.165) is 12.6 Å². The van der Waals surface area contributed by atoms with E-state index in [1.165, 1.54) is 38.8 Å². The van der Waals surface area contributed by atoms with Gasteiger partial charge >= 0.3 is 0 Å². The number of likely N-dealkylation sites (tertiary alicyclic amines) is 1. The summed E-state index contributed by atoms with van der Waals surface area (Å²) in [6.45, 7) is 12.4. The van der Waals surface area contributed by atoms with E-state index >= 15 is 0 Å². The summed E-state index contributed by atoms with van der Waals surface area (Å²) in [5, 5.41) is 0. The molecule has 2 nitrogen and oxygen atoms in total. The fourth-order valence-electron chi connectivity index (χ4n) is 2.55. The molecule has 0 amide bonds. The number of hydrogen-bond donors (Lipinski definition) is 0. The molecule has 0 aromatic rings. The molecular weight excluding hydrogens is 198 g/mol. The monoisotopic (exact) mass is 225 g/mol. The van der Waals surface area contributed by atoms with E-state index in [1.807, 2.05) is 0 Å². The van der Waals surface area contributed by atoms with Crippen molar-refractivity contribution in [1.82, 2.24) is 4.90 Å². The fraction of sp³-hybridized carbons (Fsp3) is 1.00. The highest BCUT2D eigenvalue weighted by Gasteiger charge is 2.45. The van der Waals surface area contributed by atoms with E-state index in [0.29, 0.717) is 5.41 Å². The first kappa shape index (κ1) is 12.4. The van der Waals surface area contributed by atoms with Crippen LogP contribution in [0, 0.1) is 5.41 Å². The quantitative estimate of drug-likeness (QED) is 0.729. The van der Waals surface area contributed by atoms with Gasteiger partial charge in [-0.25, -0.2) is 0 Å². The molecule has 1 saturated carbocycles. The van der Waals surface area contributed by atoms with Crippen LogP contribution in [0.2, 0.25) is 0 Å². The lowest BCUT2D eigenvalue weighted by atomic mass is 10.1. The van der Waals surface area contributed by atoms with Crippen molar-refractivity contribution in [3.05, 3.63) is 0 Å². The maximum absolute atomic E-state index is 5.98. The summed E-state index contributed by atoms with van der Waals surface area (Å²) >= 11 is 0. The molecule has 2 fully saturated rings. The zero-order chi connectivity index (χ0) is 11.8. The van der Waals surface area contributed by atoms with Crippen molar-refractivity contribution < 1.29 is 4.74 Å². The lowest BCUT2D eigenvalue weighted by Gasteiger charge is -2.29. The zero-order valence-corrected chi connectivity index (χ0v) is 11.4. The molecule has 1 aliphatic heterocycles. The number of hydrogen-bond acceptors (Lipinski definition) is 2. The Kier molecular flexibility index (Phi) is 3.33. The summed E-state index contributed by atoms with van der Waals surface area (Å²) in [5.74, 6) is 0. The Labute approximate surface area is 100 Å². The van der Waals surface area contributed by atoms with E-state index < -0.39 is 0 Å². The van der Waals surface area contributed by atoms with Crippen LogP contribution in [0.1, 0.15) is 53.4 Å².